The summed E-state index contributed by atoms with van der Waals surface area (Å²) in [4.78, 5) is 11.9. The van der Waals surface area contributed by atoms with E-state index in [2.05, 4.69) is 27.7 Å². The maximum absolute atomic E-state index is 11.9. The smallest absolute Gasteiger partial charge is 0.159 e. The van der Waals surface area contributed by atoms with Gasteiger partial charge in [-0.05, 0) is 54.4 Å². The normalized spacial score (nSPS) is 45.1. The van der Waals surface area contributed by atoms with Gasteiger partial charge in [0, 0.05) is 6.42 Å². The molecule has 3 aliphatic carbocycles. The number of fused-ring (bicyclic) bond motifs is 3. The van der Waals surface area contributed by atoms with Crippen molar-refractivity contribution >= 4 is 5.78 Å². The van der Waals surface area contributed by atoms with Crippen LogP contribution in [0.5, 0.6) is 0 Å². The first kappa shape index (κ1) is 10.6. The van der Waals surface area contributed by atoms with Gasteiger partial charge in [0.15, 0.2) is 5.78 Å². The summed E-state index contributed by atoms with van der Waals surface area (Å²) in [5, 5.41) is 0. The van der Waals surface area contributed by atoms with Gasteiger partial charge >= 0.3 is 0 Å². The first-order valence-electron chi connectivity index (χ1n) is 6.68. The molecule has 0 aromatic rings. The van der Waals surface area contributed by atoms with Crippen molar-refractivity contribution in [1.29, 1.82) is 0 Å². The van der Waals surface area contributed by atoms with Gasteiger partial charge in [0.1, 0.15) is 0 Å². The maximum Gasteiger partial charge on any atom is 0.159 e. The van der Waals surface area contributed by atoms with E-state index in [4.69, 9.17) is 0 Å². The third-order valence-corrected chi connectivity index (χ3v) is 5.66. The van der Waals surface area contributed by atoms with Crippen molar-refractivity contribution in [3.05, 3.63) is 11.1 Å². The Kier molecular flexibility index (Phi) is 1.98. The number of carbonyl (C=O) groups excluding carboxylic acids is 1. The first-order chi connectivity index (χ1) is 7.44. The molecule has 16 heavy (non-hydrogen) atoms. The lowest BCUT2D eigenvalue weighted by molar-refractivity contribution is -0.115. The van der Waals surface area contributed by atoms with E-state index >= 15 is 0 Å². The summed E-state index contributed by atoms with van der Waals surface area (Å²) in [5.41, 5.74) is 3.16. The minimum absolute atomic E-state index is 0.426. The minimum Gasteiger partial charge on any atom is -0.295 e. The highest BCUT2D eigenvalue weighted by molar-refractivity contribution is 5.99. The molecule has 1 unspecified atom stereocenters. The van der Waals surface area contributed by atoms with Gasteiger partial charge in [0.05, 0.1) is 0 Å². The predicted molar refractivity (Wildman–Crippen MR) is 65.0 cm³/mol. The zero-order valence-electron chi connectivity index (χ0n) is 10.8. The second-order valence-electron chi connectivity index (χ2n) is 6.77. The fourth-order valence-corrected chi connectivity index (χ4v) is 4.42. The van der Waals surface area contributed by atoms with E-state index < -0.39 is 0 Å². The zero-order valence-corrected chi connectivity index (χ0v) is 10.8. The van der Waals surface area contributed by atoms with Crippen LogP contribution >= 0.6 is 0 Å². The summed E-state index contributed by atoms with van der Waals surface area (Å²) in [6.07, 6.45) is 3.50. The summed E-state index contributed by atoms with van der Waals surface area (Å²) >= 11 is 0. The number of allylic oxidation sites excluding steroid dienone is 2. The van der Waals surface area contributed by atoms with Crippen LogP contribution in [0.3, 0.4) is 0 Å². The van der Waals surface area contributed by atoms with Crippen molar-refractivity contribution in [2.45, 2.75) is 47.0 Å². The van der Waals surface area contributed by atoms with Crippen LogP contribution in [-0.2, 0) is 4.79 Å². The van der Waals surface area contributed by atoms with Gasteiger partial charge in [-0.15, -0.1) is 0 Å². The van der Waals surface area contributed by atoms with E-state index in [0.717, 1.165) is 29.7 Å². The number of ketones is 1. The average Bonchev–Trinajstić information content (AvgIpc) is 2.68. The Balaban J connectivity index is 2.05. The summed E-state index contributed by atoms with van der Waals surface area (Å²) < 4.78 is 0. The van der Waals surface area contributed by atoms with Crippen LogP contribution in [0.25, 0.3) is 0 Å². The highest BCUT2D eigenvalue weighted by Gasteiger charge is 2.62. The molecule has 2 fully saturated rings. The van der Waals surface area contributed by atoms with Gasteiger partial charge in [-0.1, -0.05) is 26.3 Å². The largest absolute Gasteiger partial charge is 0.295 e. The molecule has 88 valence electrons. The summed E-state index contributed by atoms with van der Waals surface area (Å²) in [7, 11) is 0. The van der Waals surface area contributed by atoms with Gasteiger partial charge in [-0.25, -0.2) is 0 Å². The Morgan fingerprint density at radius 2 is 1.94 bits per heavy atom. The Labute approximate surface area is 98.3 Å². The Morgan fingerprint density at radius 3 is 2.62 bits per heavy atom. The molecule has 3 rings (SSSR count). The monoisotopic (exact) mass is 218 g/mol. The van der Waals surface area contributed by atoms with Crippen molar-refractivity contribution in [3.8, 4) is 0 Å². The lowest BCUT2D eigenvalue weighted by Gasteiger charge is -2.22. The van der Waals surface area contributed by atoms with Crippen molar-refractivity contribution in [2.75, 3.05) is 0 Å². The number of rotatable bonds is 0. The van der Waals surface area contributed by atoms with Crippen LogP contribution in [0.4, 0.5) is 0 Å². The highest BCUT2D eigenvalue weighted by atomic mass is 16.1. The van der Waals surface area contributed by atoms with Crippen molar-refractivity contribution in [1.82, 2.24) is 0 Å². The fourth-order valence-electron chi connectivity index (χ4n) is 4.42. The molecule has 0 spiro atoms. The number of Topliss-reactive ketones (excluding diaryl/α,β-unsaturated/α-hetero) is 1. The fraction of sp³-hybridized carbons (Fsp3) is 0.800. The topological polar surface area (TPSA) is 17.1 Å². The number of hydrogen-bond acceptors (Lipinski definition) is 1. The van der Waals surface area contributed by atoms with Gasteiger partial charge in [-0.3, -0.25) is 4.79 Å². The molecule has 0 radical (unpaired) electrons. The van der Waals surface area contributed by atoms with Crippen LogP contribution in [-0.4, -0.2) is 5.78 Å². The second-order valence-corrected chi connectivity index (χ2v) is 6.77. The van der Waals surface area contributed by atoms with Crippen LogP contribution in [0, 0.1) is 29.1 Å². The van der Waals surface area contributed by atoms with Gasteiger partial charge in [0.25, 0.3) is 0 Å². The lowest BCUT2D eigenvalue weighted by atomic mass is 9.82. The third kappa shape index (κ3) is 1.15. The molecule has 0 saturated heterocycles. The standard InChI is InChI=1S/C15H22O/c1-8-5-6-11-14(15(11,3)4)13-9(2)12(16)7-10(8)13/h8,10-11,14H,5-7H2,1-4H3/t8-,10?,11-,14-/m1/s1. The summed E-state index contributed by atoms with van der Waals surface area (Å²) in [6.45, 7) is 9.19. The van der Waals surface area contributed by atoms with Crippen LogP contribution in [0.15, 0.2) is 11.1 Å². The molecule has 0 aromatic carbocycles. The molecule has 0 heterocycles. The Hall–Kier alpha value is -0.590. The minimum atomic E-state index is 0.426. The van der Waals surface area contributed by atoms with E-state index in [0.29, 0.717) is 17.1 Å². The molecule has 0 amide bonds. The van der Waals surface area contributed by atoms with Crippen molar-refractivity contribution in [2.24, 2.45) is 29.1 Å². The van der Waals surface area contributed by atoms with Crippen LogP contribution in [0.1, 0.15) is 47.0 Å². The van der Waals surface area contributed by atoms with Crippen molar-refractivity contribution < 1.29 is 4.79 Å². The molecule has 2 saturated carbocycles. The number of carbonyl (C=O) groups is 1. The molecule has 0 bridgehead atoms. The maximum atomic E-state index is 11.9. The molecular weight excluding hydrogens is 196 g/mol. The molecule has 0 aliphatic heterocycles. The Morgan fingerprint density at radius 1 is 1.25 bits per heavy atom. The highest BCUT2D eigenvalue weighted by Crippen LogP contribution is 2.68. The van der Waals surface area contributed by atoms with Gasteiger partial charge < -0.3 is 0 Å². The quantitative estimate of drug-likeness (QED) is 0.607. The van der Waals surface area contributed by atoms with Gasteiger partial charge in [-0.2, -0.15) is 0 Å². The van der Waals surface area contributed by atoms with Crippen molar-refractivity contribution in [3.63, 3.8) is 0 Å². The molecule has 4 atom stereocenters. The first-order valence-corrected chi connectivity index (χ1v) is 6.68. The van der Waals surface area contributed by atoms with E-state index in [1.54, 1.807) is 5.57 Å². The molecule has 1 heteroatoms. The van der Waals surface area contributed by atoms with E-state index in [1.165, 1.54) is 12.8 Å². The second kappa shape index (κ2) is 3.00. The molecule has 0 N–H and O–H groups in total. The molecular formula is C15H22O. The van der Waals surface area contributed by atoms with Gasteiger partial charge in [0.2, 0.25) is 0 Å². The third-order valence-electron chi connectivity index (χ3n) is 5.66. The lowest BCUT2D eigenvalue weighted by Crippen LogP contribution is -2.14. The molecule has 1 nitrogen and oxygen atoms in total. The van der Waals surface area contributed by atoms with Crippen LogP contribution < -0.4 is 0 Å². The zero-order chi connectivity index (χ0) is 11.7. The SMILES string of the molecule is CC1=C2C(CC1=O)[C@H](C)CC[C@@H]1[C@H]2C1(C)C. The van der Waals surface area contributed by atoms with E-state index in [9.17, 15) is 4.79 Å². The predicted octanol–water partition coefficient (Wildman–Crippen LogP) is 3.59. The molecule has 0 aromatic heterocycles. The van der Waals surface area contributed by atoms with E-state index in [1.807, 2.05) is 0 Å². The van der Waals surface area contributed by atoms with Crippen LogP contribution in [0.2, 0.25) is 0 Å². The summed E-state index contributed by atoms with van der Waals surface area (Å²) in [6, 6.07) is 0. The average molecular weight is 218 g/mol. The Bertz CT molecular complexity index is 388. The summed E-state index contributed by atoms with van der Waals surface area (Å²) in [5.74, 6) is 3.32. The van der Waals surface area contributed by atoms with E-state index in [-0.39, 0.29) is 0 Å². The number of hydrogen-bond donors (Lipinski definition) is 0. The molecule has 3 aliphatic rings.